The molecule has 1 fully saturated rings. The summed E-state index contributed by atoms with van der Waals surface area (Å²) in [5.41, 5.74) is 1.61. The molecule has 0 spiro atoms. The number of anilines is 1. The molecule has 33 heavy (non-hydrogen) atoms. The standard InChI is InChI=1S/C23H24FN3O4S2/c1-14-12-27(13-15(2)31-14)33(29,30)20-6-4-5-18(11-20)22(28)26-23-25-21(16(3)32-23)17-7-9-19(24)10-8-17/h4-11,14-15H,12-13H2,1-3H3,(H,25,26,28). The van der Waals surface area contributed by atoms with Crippen molar-refractivity contribution in [2.24, 2.45) is 0 Å². The number of thiazole rings is 1. The molecule has 0 saturated carbocycles. The van der Waals surface area contributed by atoms with Crippen molar-refractivity contribution in [3.8, 4) is 11.3 Å². The summed E-state index contributed by atoms with van der Waals surface area (Å²) in [6, 6.07) is 11.9. The van der Waals surface area contributed by atoms with E-state index in [2.05, 4.69) is 10.3 Å². The molecule has 1 N–H and O–H groups in total. The van der Waals surface area contributed by atoms with E-state index in [9.17, 15) is 17.6 Å². The highest BCUT2D eigenvalue weighted by Crippen LogP contribution is 2.31. The molecule has 2 atom stereocenters. The van der Waals surface area contributed by atoms with Crippen molar-refractivity contribution in [1.82, 2.24) is 9.29 Å². The van der Waals surface area contributed by atoms with Gasteiger partial charge in [0.2, 0.25) is 10.0 Å². The number of nitrogens with zero attached hydrogens (tertiary/aromatic N) is 2. The first-order chi connectivity index (χ1) is 15.6. The van der Waals surface area contributed by atoms with Crippen molar-refractivity contribution in [2.45, 2.75) is 37.9 Å². The average Bonchev–Trinajstić information content (AvgIpc) is 3.13. The Morgan fingerprint density at radius 1 is 1.15 bits per heavy atom. The van der Waals surface area contributed by atoms with Crippen LogP contribution in [0.2, 0.25) is 0 Å². The van der Waals surface area contributed by atoms with E-state index < -0.39 is 15.9 Å². The van der Waals surface area contributed by atoms with Gasteiger partial charge in [0.1, 0.15) is 5.82 Å². The van der Waals surface area contributed by atoms with Gasteiger partial charge < -0.3 is 4.74 Å². The summed E-state index contributed by atoms with van der Waals surface area (Å²) in [6.45, 7) is 6.04. The van der Waals surface area contributed by atoms with E-state index >= 15 is 0 Å². The molecule has 1 aliphatic rings. The van der Waals surface area contributed by atoms with Gasteiger partial charge in [-0.3, -0.25) is 10.1 Å². The molecule has 0 aliphatic carbocycles. The lowest BCUT2D eigenvalue weighted by Crippen LogP contribution is -2.48. The molecule has 1 aromatic heterocycles. The van der Waals surface area contributed by atoms with Gasteiger partial charge in [0, 0.05) is 29.1 Å². The van der Waals surface area contributed by atoms with Crippen LogP contribution in [0.5, 0.6) is 0 Å². The zero-order chi connectivity index (χ0) is 23.8. The van der Waals surface area contributed by atoms with E-state index in [0.717, 1.165) is 10.4 Å². The van der Waals surface area contributed by atoms with Crippen LogP contribution in [0.25, 0.3) is 11.3 Å². The molecule has 4 rings (SSSR count). The van der Waals surface area contributed by atoms with E-state index in [4.69, 9.17) is 4.74 Å². The van der Waals surface area contributed by atoms with Gasteiger partial charge in [0.25, 0.3) is 5.91 Å². The van der Waals surface area contributed by atoms with Crippen LogP contribution in [-0.4, -0.2) is 48.9 Å². The first kappa shape index (κ1) is 23.5. The summed E-state index contributed by atoms with van der Waals surface area (Å²) in [5.74, 6) is -0.800. The highest BCUT2D eigenvalue weighted by atomic mass is 32.2. The summed E-state index contributed by atoms with van der Waals surface area (Å²) < 4.78 is 46.5. The Labute approximate surface area is 196 Å². The normalized spacial score (nSPS) is 19.4. The fourth-order valence-electron chi connectivity index (χ4n) is 3.77. The van der Waals surface area contributed by atoms with Crippen LogP contribution in [-0.2, 0) is 14.8 Å². The molecule has 2 unspecified atom stereocenters. The number of aromatic nitrogens is 1. The Morgan fingerprint density at radius 3 is 2.48 bits per heavy atom. The van der Waals surface area contributed by atoms with E-state index in [-0.39, 0.29) is 41.6 Å². The lowest BCUT2D eigenvalue weighted by Gasteiger charge is -2.34. The van der Waals surface area contributed by atoms with Crippen LogP contribution in [0.4, 0.5) is 9.52 Å². The second-order valence-corrected chi connectivity index (χ2v) is 11.1. The summed E-state index contributed by atoms with van der Waals surface area (Å²) in [6.07, 6.45) is -0.420. The molecule has 1 amide bonds. The molecular weight excluding hydrogens is 465 g/mol. The Balaban J connectivity index is 1.54. The van der Waals surface area contributed by atoms with Gasteiger partial charge >= 0.3 is 0 Å². The van der Waals surface area contributed by atoms with Gasteiger partial charge in [-0.25, -0.2) is 17.8 Å². The molecule has 0 bridgehead atoms. The molecule has 1 saturated heterocycles. The first-order valence-corrected chi connectivity index (χ1v) is 12.7. The van der Waals surface area contributed by atoms with E-state index in [1.54, 1.807) is 24.3 Å². The Morgan fingerprint density at radius 2 is 1.82 bits per heavy atom. The maximum Gasteiger partial charge on any atom is 0.257 e. The minimum absolute atomic E-state index is 0.0544. The van der Waals surface area contributed by atoms with Crippen molar-refractivity contribution in [2.75, 3.05) is 18.4 Å². The Bertz CT molecular complexity index is 1270. The molecule has 1 aliphatic heterocycles. The van der Waals surface area contributed by atoms with Crippen molar-refractivity contribution < 1.29 is 22.3 Å². The number of halogens is 1. The fourth-order valence-corrected chi connectivity index (χ4v) is 6.24. The molecule has 174 valence electrons. The van der Waals surface area contributed by atoms with Crippen LogP contribution in [0, 0.1) is 12.7 Å². The highest BCUT2D eigenvalue weighted by molar-refractivity contribution is 7.89. The Hall–Kier alpha value is -2.66. The van der Waals surface area contributed by atoms with Crippen molar-refractivity contribution in [3.05, 3.63) is 64.8 Å². The zero-order valence-corrected chi connectivity index (χ0v) is 20.0. The van der Waals surface area contributed by atoms with Gasteiger partial charge in [-0.1, -0.05) is 6.07 Å². The highest BCUT2D eigenvalue weighted by Gasteiger charge is 2.32. The van der Waals surface area contributed by atoms with E-state index in [0.29, 0.717) is 10.8 Å². The molecule has 2 aromatic carbocycles. The lowest BCUT2D eigenvalue weighted by molar-refractivity contribution is -0.0440. The molecular formula is C23H24FN3O4S2. The predicted molar refractivity (Wildman–Crippen MR) is 125 cm³/mol. The topological polar surface area (TPSA) is 88.6 Å². The van der Waals surface area contributed by atoms with Gasteiger partial charge in [-0.2, -0.15) is 4.31 Å². The minimum atomic E-state index is -3.77. The quantitative estimate of drug-likeness (QED) is 0.577. The smallest absolute Gasteiger partial charge is 0.257 e. The van der Waals surface area contributed by atoms with Crippen LogP contribution in [0.1, 0.15) is 29.1 Å². The third kappa shape index (κ3) is 5.14. The van der Waals surface area contributed by atoms with Crippen LogP contribution < -0.4 is 5.32 Å². The number of carbonyl (C=O) groups is 1. The number of morpholine rings is 1. The maximum absolute atomic E-state index is 13.2. The second kappa shape index (κ2) is 9.30. The number of nitrogens with one attached hydrogen (secondary N) is 1. The summed E-state index contributed by atoms with van der Waals surface area (Å²) >= 11 is 1.29. The fraction of sp³-hybridized carbons (Fsp3) is 0.304. The SMILES string of the molecule is Cc1sc(NC(=O)c2cccc(S(=O)(=O)N3CC(C)OC(C)C3)c2)nc1-c1ccc(F)cc1. The van der Waals surface area contributed by atoms with Gasteiger partial charge in [-0.15, -0.1) is 11.3 Å². The number of ether oxygens (including phenoxy) is 1. The third-order valence-corrected chi connectivity index (χ3v) is 7.97. The lowest BCUT2D eigenvalue weighted by atomic mass is 10.1. The first-order valence-electron chi connectivity index (χ1n) is 10.4. The largest absolute Gasteiger partial charge is 0.373 e. The minimum Gasteiger partial charge on any atom is -0.373 e. The van der Waals surface area contributed by atoms with Gasteiger partial charge in [-0.05, 0) is 63.2 Å². The number of hydrogen-bond donors (Lipinski definition) is 1. The maximum atomic E-state index is 13.2. The number of rotatable bonds is 5. The van der Waals surface area contributed by atoms with Crippen LogP contribution in [0.15, 0.2) is 53.4 Å². The molecule has 0 radical (unpaired) electrons. The van der Waals surface area contributed by atoms with Crippen molar-refractivity contribution in [1.29, 1.82) is 0 Å². The molecule has 7 nitrogen and oxygen atoms in total. The van der Waals surface area contributed by atoms with Crippen LogP contribution >= 0.6 is 11.3 Å². The molecule has 2 heterocycles. The van der Waals surface area contributed by atoms with Crippen LogP contribution in [0.3, 0.4) is 0 Å². The van der Waals surface area contributed by atoms with E-state index in [1.807, 2.05) is 20.8 Å². The van der Waals surface area contributed by atoms with E-state index in [1.165, 1.54) is 39.9 Å². The Kier molecular flexibility index (Phi) is 6.62. The van der Waals surface area contributed by atoms with Crippen molar-refractivity contribution in [3.63, 3.8) is 0 Å². The second-order valence-electron chi connectivity index (χ2n) is 7.99. The zero-order valence-electron chi connectivity index (χ0n) is 18.4. The number of amides is 1. The number of carbonyl (C=O) groups excluding carboxylic acids is 1. The van der Waals surface area contributed by atoms with Crippen molar-refractivity contribution >= 4 is 32.4 Å². The number of hydrogen-bond acceptors (Lipinski definition) is 6. The van der Waals surface area contributed by atoms with Gasteiger partial charge in [0.15, 0.2) is 5.13 Å². The molecule has 10 heteroatoms. The average molecular weight is 490 g/mol. The predicted octanol–water partition coefficient (Wildman–Crippen LogP) is 4.31. The summed E-state index contributed by atoms with van der Waals surface area (Å²) in [7, 11) is -3.77. The summed E-state index contributed by atoms with van der Waals surface area (Å²) in [4.78, 5) is 18.2. The monoisotopic (exact) mass is 489 g/mol. The number of benzene rings is 2. The molecule has 3 aromatic rings. The van der Waals surface area contributed by atoms with Gasteiger partial charge in [0.05, 0.1) is 22.8 Å². The third-order valence-electron chi connectivity index (χ3n) is 5.25. The number of aryl methyl sites for hydroxylation is 1. The summed E-state index contributed by atoms with van der Waals surface area (Å²) in [5, 5.41) is 3.11. The number of sulfonamides is 1.